The van der Waals surface area contributed by atoms with Crippen LogP contribution in [0.5, 0.6) is 0 Å². The molecule has 0 saturated carbocycles. The molecular weight excluding hydrogens is 746 g/mol. The van der Waals surface area contributed by atoms with E-state index in [1.165, 1.54) is 27.0 Å². The molecule has 6 atom stereocenters. The molecule has 0 spiro atoms. The van der Waals surface area contributed by atoms with Crippen molar-refractivity contribution < 1.29 is 38.3 Å². The van der Waals surface area contributed by atoms with Gasteiger partial charge in [-0.1, -0.05) is 35.9 Å². The number of aliphatic hydroxyl groups is 1. The highest BCUT2D eigenvalue weighted by Gasteiger charge is 2.33. The van der Waals surface area contributed by atoms with Gasteiger partial charge in [-0.2, -0.15) is 4.98 Å². The van der Waals surface area contributed by atoms with Gasteiger partial charge in [0, 0.05) is 23.3 Å². The predicted octanol–water partition coefficient (Wildman–Crippen LogP) is 0.972. The number of Topliss-reactive ketones (excluding diaryl/α,β-unsaturated/α-hetero) is 1. The molecular formula is C38H46ClN9O8. The van der Waals surface area contributed by atoms with Crippen molar-refractivity contribution >= 4 is 58.2 Å². The third-order valence-corrected chi connectivity index (χ3v) is 8.96. The third-order valence-electron chi connectivity index (χ3n) is 8.70. The first-order valence-electron chi connectivity index (χ1n) is 17.9. The topological polar surface area (TPSA) is 274 Å². The number of unbranched alkanes of at least 4 members (excludes halogenated alkanes) is 1. The highest BCUT2D eigenvalue weighted by atomic mass is 35.5. The third kappa shape index (κ3) is 11.6. The van der Waals surface area contributed by atoms with Crippen LogP contribution in [-0.2, 0) is 19.2 Å². The van der Waals surface area contributed by atoms with E-state index >= 15 is 0 Å². The minimum atomic E-state index is -1.56. The second kappa shape index (κ2) is 20.2. The summed E-state index contributed by atoms with van der Waals surface area (Å²) in [5.41, 5.74) is 13.9. The van der Waals surface area contributed by atoms with Gasteiger partial charge in [0.1, 0.15) is 24.2 Å². The Labute approximate surface area is 327 Å². The minimum Gasteiger partial charge on any atom is -0.432 e. The summed E-state index contributed by atoms with van der Waals surface area (Å²) >= 11 is 5.96. The van der Waals surface area contributed by atoms with Crippen molar-refractivity contribution in [2.75, 3.05) is 13.1 Å². The van der Waals surface area contributed by atoms with E-state index in [0.717, 1.165) is 11.1 Å². The van der Waals surface area contributed by atoms with Crippen LogP contribution in [0.2, 0.25) is 5.02 Å². The number of pyridine rings is 1. The quantitative estimate of drug-likeness (QED) is 0.0488. The van der Waals surface area contributed by atoms with Crippen molar-refractivity contribution in [3.8, 4) is 11.1 Å². The van der Waals surface area contributed by atoms with Crippen molar-refractivity contribution in [1.29, 1.82) is 0 Å². The Kier molecular flexibility index (Phi) is 15.5. The molecule has 2 aromatic heterocycles. The molecule has 10 N–H and O–H groups in total. The van der Waals surface area contributed by atoms with Gasteiger partial charge < -0.3 is 47.6 Å². The Morgan fingerprint density at radius 2 is 1.38 bits per heavy atom. The fraction of sp³-hybridized carbons (Fsp3) is 0.368. The van der Waals surface area contributed by atoms with Gasteiger partial charge in [0.2, 0.25) is 29.4 Å². The summed E-state index contributed by atoms with van der Waals surface area (Å²) in [6.07, 6.45) is 1.22. The fourth-order valence-electron chi connectivity index (χ4n) is 5.45. The van der Waals surface area contributed by atoms with E-state index < -0.39 is 71.6 Å². The van der Waals surface area contributed by atoms with Crippen LogP contribution < -0.4 is 38.1 Å². The number of oxazole rings is 1. The van der Waals surface area contributed by atoms with E-state index in [9.17, 15) is 33.9 Å². The molecule has 4 aromatic rings. The van der Waals surface area contributed by atoms with Crippen molar-refractivity contribution in [2.45, 2.75) is 76.3 Å². The van der Waals surface area contributed by atoms with Crippen LogP contribution in [-0.4, -0.2) is 99.8 Å². The first-order valence-corrected chi connectivity index (χ1v) is 18.3. The number of rotatable bonds is 19. The first kappa shape index (κ1) is 43.0. The number of ketones is 1. The van der Waals surface area contributed by atoms with Gasteiger partial charge in [0.25, 0.3) is 11.8 Å². The number of carbonyl (C=O) groups excluding carboxylic acids is 6. The summed E-state index contributed by atoms with van der Waals surface area (Å²) in [5.74, 6) is -4.68. The molecule has 56 heavy (non-hydrogen) atoms. The number of nitrogens with two attached hydrogens (primary N) is 2. The number of fused-ring (bicyclic) bond motifs is 1. The molecule has 0 aliphatic rings. The molecule has 5 amide bonds. The fourth-order valence-corrected chi connectivity index (χ4v) is 5.58. The number of halogens is 1. The number of benzene rings is 2. The summed E-state index contributed by atoms with van der Waals surface area (Å²) in [5, 5.41) is 23.5. The summed E-state index contributed by atoms with van der Waals surface area (Å²) < 4.78 is 5.47. The second-order valence-corrected chi connectivity index (χ2v) is 13.5. The van der Waals surface area contributed by atoms with E-state index in [-0.39, 0.29) is 30.1 Å². The highest BCUT2D eigenvalue weighted by molar-refractivity contribution is 6.30. The zero-order valence-corrected chi connectivity index (χ0v) is 31.8. The van der Waals surface area contributed by atoms with Crippen LogP contribution in [0.3, 0.4) is 0 Å². The van der Waals surface area contributed by atoms with Crippen molar-refractivity contribution in [1.82, 2.24) is 36.6 Å². The molecule has 0 bridgehead atoms. The van der Waals surface area contributed by atoms with Gasteiger partial charge in [-0.15, -0.1) is 0 Å². The number of amides is 5. The van der Waals surface area contributed by atoms with Gasteiger partial charge in [0.05, 0.1) is 12.1 Å². The second-order valence-electron chi connectivity index (χ2n) is 13.1. The Balaban J connectivity index is 1.34. The number of hydrogen-bond acceptors (Lipinski definition) is 12. The summed E-state index contributed by atoms with van der Waals surface area (Å²) in [4.78, 5) is 87.1. The maximum Gasteiger partial charge on any atom is 0.268 e. The minimum absolute atomic E-state index is 0.161. The van der Waals surface area contributed by atoms with E-state index in [0.29, 0.717) is 30.0 Å². The average molecular weight is 792 g/mol. The molecule has 0 aliphatic carbocycles. The lowest BCUT2D eigenvalue weighted by molar-refractivity contribution is -0.135. The zero-order valence-electron chi connectivity index (χ0n) is 31.1. The van der Waals surface area contributed by atoms with Gasteiger partial charge in [-0.05, 0) is 94.1 Å². The van der Waals surface area contributed by atoms with E-state index in [1.807, 2.05) is 12.1 Å². The molecule has 0 unspecified atom stereocenters. The predicted molar refractivity (Wildman–Crippen MR) is 207 cm³/mol. The molecule has 18 heteroatoms. The number of nitrogens with zero attached hydrogens (tertiary/aromatic N) is 2. The number of aromatic nitrogens is 2. The van der Waals surface area contributed by atoms with Crippen LogP contribution in [0, 0.1) is 0 Å². The molecule has 0 fully saturated rings. The number of nitrogens with one attached hydrogen (secondary N) is 5. The first-order chi connectivity index (χ1) is 26.7. The maximum atomic E-state index is 13.3. The zero-order chi connectivity index (χ0) is 40.9. The molecule has 17 nitrogen and oxygen atoms in total. The monoisotopic (exact) mass is 791 g/mol. The van der Waals surface area contributed by atoms with Gasteiger partial charge in [0.15, 0.2) is 11.2 Å². The smallest absolute Gasteiger partial charge is 0.268 e. The number of carbonyl (C=O) groups is 6. The van der Waals surface area contributed by atoms with Crippen LogP contribution >= 0.6 is 11.6 Å². The number of hydrogen-bond donors (Lipinski definition) is 8. The Hall–Kier alpha value is -5.75. The lowest BCUT2D eigenvalue weighted by atomic mass is 10.0. The summed E-state index contributed by atoms with van der Waals surface area (Å²) in [6.45, 7) is 4.05. The Morgan fingerprint density at radius 1 is 0.750 bits per heavy atom. The maximum absolute atomic E-state index is 13.3. The Morgan fingerprint density at radius 3 is 1.98 bits per heavy atom. The number of aliphatic hydroxyl groups excluding tert-OH is 1. The van der Waals surface area contributed by atoms with Gasteiger partial charge in [-0.25, -0.2) is 4.98 Å². The molecule has 0 saturated heterocycles. The van der Waals surface area contributed by atoms with Crippen LogP contribution in [0.4, 0.5) is 0 Å². The molecule has 298 valence electrons. The average Bonchev–Trinajstić information content (AvgIpc) is 3.62. The lowest BCUT2D eigenvalue weighted by Gasteiger charge is -2.26. The Bertz CT molecular complexity index is 1970. The van der Waals surface area contributed by atoms with Crippen molar-refractivity contribution in [3.05, 3.63) is 83.3 Å². The molecule has 2 heterocycles. The molecule has 0 radical (unpaired) electrons. The lowest BCUT2D eigenvalue weighted by Crippen LogP contribution is -2.61. The van der Waals surface area contributed by atoms with Crippen molar-refractivity contribution in [3.63, 3.8) is 0 Å². The van der Waals surface area contributed by atoms with E-state index in [2.05, 4.69) is 36.6 Å². The van der Waals surface area contributed by atoms with Gasteiger partial charge >= 0.3 is 0 Å². The highest BCUT2D eigenvalue weighted by Crippen LogP contribution is 2.22. The molecule has 4 rings (SSSR count). The van der Waals surface area contributed by atoms with Crippen LogP contribution in [0.15, 0.2) is 71.3 Å². The van der Waals surface area contributed by atoms with Crippen LogP contribution in [0.25, 0.3) is 22.4 Å². The molecule has 0 aliphatic heterocycles. The van der Waals surface area contributed by atoms with Gasteiger partial charge in [-0.3, -0.25) is 28.8 Å². The van der Waals surface area contributed by atoms with Crippen LogP contribution in [0.1, 0.15) is 61.1 Å². The standard InChI is InChI=1S/C38H46ClN9O8/c1-20(31(50)38-48-32-29(56-38)8-6-18-42-32)43-35(53)27(7-4-5-17-40)45-33(51)21(2)44-37(55)30(22(3)49)47-36(54)28(19-41)46-34(52)25-11-9-23(10-12-25)24-13-15-26(39)16-14-24/h6,8-16,18,20-22,27-28,30,49H,4-5,7,17,19,40-41H2,1-3H3,(H,43,53)(H,44,55)(H,45,51)(H,46,52)(H,47,54)/t20-,21-,22+,27-,28-,30-/m0/s1. The van der Waals surface area contributed by atoms with E-state index in [4.69, 9.17) is 27.5 Å². The molecule has 2 aromatic carbocycles. The largest absolute Gasteiger partial charge is 0.432 e. The SMILES string of the molecule is C[C@H](NC(=O)[C@@H](NC(=O)[C@H](CN)NC(=O)c1ccc(-c2ccc(Cl)cc2)cc1)[C@@H](C)O)C(=O)N[C@@H](CCCCN)C(=O)N[C@@H](C)C(=O)c1nc2ncccc2o1. The van der Waals surface area contributed by atoms with E-state index in [1.54, 1.807) is 48.5 Å². The summed E-state index contributed by atoms with van der Waals surface area (Å²) in [7, 11) is 0. The normalized spacial score (nSPS) is 14.3. The van der Waals surface area contributed by atoms with Crippen molar-refractivity contribution in [2.24, 2.45) is 11.5 Å². The summed E-state index contributed by atoms with van der Waals surface area (Å²) in [6, 6.07) is 10.7.